The van der Waals surface area contributed by atoms with Gasteiger partial charge in [-0.1, -0.05) is 12.1 Å². The molecule has 1 aliphatic rings. The summed E-state index contributed by atoms with van der Waals surface area (Å²) in [5, 5.41) is 0. The maximum atomic E-state index is 12.8. The molecule has 140 valence electrons. The van der Waals surface area contributed by atoms with E-state index in [1.165, 1.54) is 18.5 Å². The summed E-state index contributed by atoms with van der Waals surface area (Å²) in [5.41, 5.74) is 2.35. The lowest BCUT2D eigenvalue weighted by molar-refractivity contribution is -0.0499. The average Bonchev–Trinajstić information content (AvgIpc) is 3.15. The Kier molecular flexibility index (Phi) is 4.68. The van der Waals surface area contributed by atoms with Crippen LogP contribution in [0, 0.1) is 0 Å². The number of pyridine rings is 1. The third-order valence-electron chi connectivity index (χ3n) is 4.33. The lowest BCUT2D eigenvalue weighted by Gasteiger charge is -2.33. The molecule has 3 heterocycles. The van der Waals surface area contributed by atoms with Crippen molar-refractivity contribution in [2.45, 2.75) is 12.7 Å². The quantitative estimate of drug-likeness (QED) is 0.760. The summed E-state index contributed by atoms with van der Waals surface area (Å²) >= 11 is 0. The lowest BCUT2D eigenvalue weighted by Crippen LogP contribution is -2.42. The van der Waals surface area contributed by atoms with E-state index in [-0.39, 0.29) is 17.8 Å². The molecule has 1 N–H and O–H groups in total. The summed E-state index contributed by atoms with van der Waals surface area (Å²) in [6.45, 7) is -1.71. The molecule has 0 radical (unpaired) electrons. The zero-order chi connectivity index (χ0) is 18.8. The number of ether oxygens (including phenoxy) is 2. The Morgan fingerprint density at radius 1 is 1.26 bits per heavy atom. The molecule has 1 aliphatic heterocycles. The maximum Gasteiger partial charge on any atom is 0.387 e. The predicted octanol–water partition coefficient (Wildman–Crippen LogP) is 2.77. The number of carbonyl (C=O) groups is 1. The smallest absolute Gasteiger partial charge is 0.387 e. The number of rotatable bonds is 4. The standard InChI is InChI=1S/C18H16F2N4O3/c19-18(20)27-12-3-1-11(2-4-12)15-9-24(7-8-26-15)17(25)14-6-5-13-16(23-14)22-10-21-13/h1-6,10,15,18H,7-9H2,(H,21,22,23). The van der Waals surface area contributed by atoms with Crippen LogP contribution in [0.15, 0.2) is 42.7 Å². The van der Waals surface area contributed by atoms with Crippen LogP contribution < -0.4 is 4.74 Å². The van der Waals surface area contributed by atoms with Gasteiger partial charge in [-0.3, -0.25) is 4.79 Å². The highest BCUT2D eigenvalue weighted by Crippen LogP contribution is 2.25. The fourth-order valence-electron chi connectivity index (χ4n) is 3.00. The SMILES string of the molecule is O=C(c1ccc2[nH]cnc2n1)N1CCOC(c2ccc(OC(F)F)cc2)C1. The minimum Gasteiger partial charge on any atom is -0.435 e. The van der Waals surface area contributed by atoms with Crippen molar-refractivity contribution in [3.05, 3.63) is 54.0 Å². The Morgan fingerprint density at radius 2 is 2.07 bits per heavy atom. The number of aromatic amines is 1. The van der Waals surface area contributed by atoms with Crippen molar-refractivity contribution in [2.75, 3.05) is 19.7 Å². The van der Waals surface area contributed by atoms with Gasteiger partial charge in [0.1, 0.15) is 17.5 Å². The monoisotopic (exact) mass is 374 g/mol. The van der Waals surface area contributed by atoms with Crippen LogP contribution in [-0.4, -0.2) is 52.1 Å². The topological polar surface area (TPSA) is 80.3 Å². The minimum absolute atomic E-state index is 0.0778. The molecule has 0 saturated carbocycles. The van der Waals surface area contributed by atoms with Gasteiger partial charge in [0.25, 0.3) is 5.91 Å². The van der Waals surface area contributed by atoms with Gasteiger partial charge in [-0.05, 0) is 29.8 Å². The number of nitrogens with zero attached hydrogens (tertiary/aromatic N) is 3. The second-order valence-electron chi connectivity index (χ2n) is 6.03. The van der Waals surface area contributed by atoms with Crippen molar-refractivity contribution in [1.29, 1.82) is 0 Å². The molecule has 1 fully saturated rings. The first-order valence-electron chi connectivity index (χ1n) is 8.36. The molecular weight excluding hydrogens is 358 g/mol. The number of hydrogen-bond donors (Lipinski definition) is 1. The van der Waals surface area contributed by atoms with Crippen LogP contribution in [0.3, 0.4) is 0 Å². The number of aromatic nitrogens is 3. The Labute approximate surface area is 152 Å². The van der Waals surface area contributed by atoms with Crippen molar-refractivity contribution in [3.8, 4) is 5.75 Å². The van der Waals surface area contributed by atoms with Gasteiger partial charge in [-0.25, -0.2) is 9.97 Å². The molecule has 1 atom stereocenters. The molecule has 9 heteroatoms. The fraction of sp³-hybridized carbons (Fsp3) is 0.278. The van der Waals surface area contributed by atoms with Gasteiger partial charge in [-0.15, -0.1) is 0 Å². The molecule has 0 aliphatic carbocycles. The van der Waals surface area contributed by atoms with Crippen LogP contribution in [0.5, 0.6) is 5.75 Å². The largest absolute Gasteiger partial charge is 0.435 e. The van der Waals surface area contributed by atoms with Crippen LogP contribution in [0.2, 0.25) is 0 Å². The van der Waals surface area contributed by atoms with E-state index in [2.05, 4.69) is 19.7 Å². The number of alkyl halides is 2. The zero-order valence-corrected chi connectivity index (χ0v) is 14.1. The Bertz CT molecular complexity index is 945. The van der Waals surface area contributed by atoms with Crippen molar-refractivity contribution in [3.63, 3.8) is 0 Å². The number of benzene rings is 1. The van der Waals surface area contributed by atoms with E-state index in [9.17, 15) is 13.6 Å². The Balaban J connectivity index is 1.47. The third-order valence-corrected chi connectivity index (χ3v) is 4.33. The van der Waals surface area contributed by atoms with E-state index >= 15 is 0 Å². The zero-order valence-electron chi connectivity index (χ0n) is 14.1. The molecule has 1 amide bonds. The molecule has 7 nitrogen and oxygen atoms in total. The molecule has 2 aromatic heterocycles. The van der Waals surface area contributed by atoms with Gasteiger partial charge >= 0.3 is 6.61 Å². The number of morpholine rings is 1. The van der Waals surface area contributed by atoms with Crippen molar-refractivity contribution in [2.24, 2.45) is 0 Å². The van der Waals surface area contributed by atoms with E-state index < -0.39 is 6.61 Å². The van der Waals surface area contributed by atoms with E-state index in [0.29, 0.717) is 31.0 Å². The van der Waals surface area contributed by atoms with Crippen LogP contribution in [0.1, 0.15) is 22.2 Å². The highest BCUT2D eigenvalue weighted by molar-refractivity contribution is 5.94. The van der Waals surface area contributed by atoms with Gasteiger partial charge in [0.2, 0.25) is 0 Å². The summed E-state index contributed by atoms with van der Waals surface area (Å²) in [6.07, 6.45) is 1.18. The molecule has 27 heavy (non-hydrogen) atoms. The van der Waals surface area contributed by atoms with Crippen LogP contribution in [0.25, 0.3) is 11.2 Å². The number of carbonyl (C=O) groups excluding carboxylic acids is 1. The van der Waals surface area contributed by atoms with Crippen molar-refractivity contribution in [1.82, 2.24) is 19.9 Å². The first kappa shape index (κ1) is 17.3. The van der Waals surface area contributed by atoms with E-state index in [0.717, 1.165) is 11.1 Å². The van der Waals surface area contributed by atoms with E-state index in [1.807, 2.05) is 0 Å². The second kappa shape index (κ2) is 7.28. The van der Waals surface area contributed by atoms with Crippen molar-refractivity contribution < 1.29 is 23.0 Å². The predicted molar refractivity (Wildman–Crippen MR) is 91.6 cm³/mol. The van der Waals surface area contributed by atoms with Gasteiger partial charge < -0.3 is 19.4 Å². The number of halogens is 2. The molecule has 1 unspecified atom stereocenters. The summed E-state index contributed by atoms with van der Waals surface area (Å²) in [5.74, 6) is -0.125. The van der Waals surface area contributed by atoms with Gasteiger partial charge in [0.05, 0.1) is 25.0 Å². The van der Waals surface area contributed by atoms with Crippen molar-refractivity contribution >= 4 is 17.1 Å². The Hall–Kier alpha value is -3.07. The molecule has 0 spiro atoms. The van der Waals surface area contributed by atoms with Gasteiger partial charge in [0, 0.05) is 6.54 Å². The van der Waals surface area contributed by atoms with Crippen LogP contribution in [-0.2, 0) is 4.74 Å². The van der Waals surface area contributed by atoms with Crippen LogP contribution >= 0.6 is 0 Å². The number of fused-ring (bicyclic) bond motifs is 1. The summed E-state index contributed by atoms with van der Waals surface area (Å²) in [4.78, 5) is 25.7. The average molecular weight is 374 g/mol. The minimum atomic E-state index is -2.87. The van der Waals surface area contributed by atoms with E-state index in [4.69, 9.17) is 4.74 Å². The third kappa shape index (κ3) is 3.72. The Morgan fingerprint density at radius 3 is 2.85 bits per heavy atom. The summed E-state index contributed by atoms with van der Waals surface area (Å²) in [6, 6.07) is 9.65. The highest BCUT2D eigenvalue weighted by Gasteiger charge is 2.27. The molecule has 0 bridgehead atoms. The summed E-state index contributed by atoms with van der Waals surface area (Å²) in [7, 11) is 0. The molecule has 3 aromatic rings. The molecule has 1 saturated heterocycles. The lowest BCUT2D eigenvalue weighted by atomic mass is 10.1. The maximum absolute atomic E-state index is 12.8. The molecule has 1 aromatic carbocycles. The first-order chi connectivity index (χ1) is 13.1. The molecule has 4 rings (SSSR count). The number of imidazole rings is 1. The number of hydrogen-bond acceptors (Lipinski definition) is 5. The molecular formula is C18H16F2N4O3. The van der Waals surface area contributed by atoms with Crippen LogP contribution in [0.4, 0.5) is 8.78 Å². The fourth-order valence-corrected chi connectivity index (χ4v) is 3.00. The second-order valence-corrected chi connectivity index (χ2v) is 6.03. The first-order valence-corrected chi connectivity index (χ1v) is 8.36. The van der Waals surface area contributed by atoms with E-state index in [1.54, 1.807) is 29.2 Å². The highest BCUT2D eigenvalue weighted by atomic mass is 19.3. The normalized spacial score (nSPS) is 17.4. The number of amides is 1. The van der Waals surface area contributed by atoms with Gasteiger partial charge in [-0.2, -0.15) is 8.78 Å². The number of H-pyrrole nitrogens is 1. The summed E-state index contributed by atoms with van der Waals surface area (Å²) < 4.78 is 34.6. The van der Waals surface area contributed by atoms with Gasteiger partial charge in [0.15, 0.2) is 5.65 Å². The number of nitrogens with one attached hydrogen (secondary N) is 1.